The van der Waals surface area contributed by atoms with Crippen LogP contribution in [0.15, 0.2) is 17.3 Å². The van der Waals surface area contributed by atoms with Crippen molar-refractivity contribution in [2.75, 3.05) is 6.54 Å². The lowest BCUT2D eigenvalue weighted by Crippen LogP contribution is -2.45. The minimum atomic E-state index is -3.59. The number of sulfonamides is 1. The maximum atomic E-state index is 12.0. The van der Waals surface area contributed by atoms with Gasteiger partial charge in [0, 0.05) is 19.8 Å². The Labute approximate surface area is 113 Å². The van der Waals surface area contributed by atoms with Crippen molar-refractivity contribution in [1.29, 1.82) is 0 Å². The molecule has 0 bridgehead atoms. The molecular weight excluding hydrogens is 266 g/mol. The van der Waals surface area contributed by atoms with Crippen molar-refractivity contribution < 1.29 is 13.5 Å². The number of aromatic nitrogens is 2. The van der Waals surface area contributed by atoms with E-state index in [1.54, 1.807) is 7.05 Å². The van der Waals surface area contributed by atoms with E-state index in [1.165, 1.54) is 17.1 Å². The van der Waals surface area contributed by atoms with Gasteiger partial charge < -0.3 is 5.11 Å². The van der Waals surface area contributed by atoms with Crippen molar-refractivity contribution in [3.8, 4) is 0 Å². The van der Waals surface area contributed by atoms with Gasteiger partial charge in [-0.1, -0.05) is 19.8 Å². The van der Waals surface area contributed by atoms with Gasteiger partial charge >= 0.3 is 0 Å². The van der Waals surface area contributed by atoms with E-state index >= 15 is 0 Å². The highest BCUT2D eigenvalue weighted by molar-refractivity contribution is 7.89. The fourth-order valence-electron chi connectivity index (χ4n) is 2.64. The normalized spacial score (nSPS) is 28.5. The number of rotatable bonds is 4. The molecule has 2 N–H and O–H groups in total. The lowest BCUT2D eigenvalue weighted by atomic mass is 9.79. The van der Waals surface area contributed by atoms with Gasteiger partial charge in [-0.25, -0.2) is 13.1 Å². The van der Waals surface area contributed by atoms with Crippen LogP contribution in [0.3, 0.4) is 0 Å². The van der Waals surface area contributed by atoms with Crippen molar-refractivity contribution in [3.05, 3.63) is 12.4 Å². The molecule has 2 atom stereocenters. The molecule has 19 heavy (non-hydrogen) atoms. The lowest BCUT2D eigenvalue weighted by molar-refractivity contribution is -0.00751. The number of nitrogens with zero attached hydrogens (tertiary/aromatic N) is 2. The Morgan fingerprint density at radius 3 is 2.95 bits per heavy atom. The van der Waals surface area contributed by atoms with Gasteiger partial charge in [0.2, 0.25) is 10.0 Å². The first-order chi connectivity index (χ1) is 8.81. The zero-order valence-corrected chi connectivity index (χ0v) is 12.2. The number of aryl methyl sites for hydroxylation is 1. The average Bonchev–Trinajstić information content (AvgIpc) is 2.74. The van der Waals surface area contributed by atoms with Gasteiger partial charge in [-0.15, -0.1) is 0 Å². The van der Waals surface area contributed by atoms with Crippen molar-refractivity contribution in [3.63, 3.8) is 0 Å². The first-order valence-electron chi connectivity index (χ1n) is 6.51. The molecule has 1 aromatic rings. The largest absolute Gasteiger partial charge is 0.389 e. The molecule has 0 radical (unpaired) electrons. The molecule has 108 valence electrons. The fourth-order valence-corrected chi connectivity index (χ4v) is 3.75. The SMILES string of the molecule is CC1CCCC(O)(CNS(=O)(=O)c2cnn(C)c2)C1. The van der Waals surface area contributed by atoms with Crippen LogP contribution in [0.1, 0.15) is 32.6 Å². The van der Waals surface area contributed by atoms with Crippen molar-refractivity contribution in [1.82, 2.24) is 14.5 Å². The molecule has 2 rings (SSSR count). The van der Waals surface area contributed by atoms with Crippen LogP contribution in [0.2, 0.25) is 0 Å². The van der Waals surface area contributed by atoms with Crippen LogP contribution in [0, 0.1) is 5.92 Å². The predicted octanol–water partition coefficient (Wildman–Crippen LogP) is 0.640. The van der Waals surface area contributed by atoms with Gasteiger partial charge in [-0.2, -0.15) is 5.10 Å². The van der Waals surface area contributed by atoms with Gasteiger partial charge in [-0.05, 0) is 18.8 Å². The number of hydrogen-bond donors (Lipinski definition) is 2. The zero-order chi connectivity index (χ0) is 14.1. The summed E-state index contributed by atoms with van der Waals surface area (Å²) in [7, 11) is -1.93. The molecule has 1 heterocycles. The van der Waals surface area contributed by atoms with Crippen molar-refractivity contribution in [2.24, 2.45) is 13.0 Å². The molecule has 1 aromatic heterocycles. The highest BCUT2D eigenvalue weighted by Gasteiger charge is 2.34. The Kier molecular flexibility index (Phi) is 3.98. The molecular formula is C12H21N3O3S. The van der Waals surface area contributed by atoms with E-state index in [-0.39, 0.29) is 11.4 Å². The number of aliphatic hydroxyl groups is 1. The van der Waals surface area contributed by atoms with Crippen molar-refractivity contribution >= 4 is 10.0 Å². The molecule has 1 saturated carbocycles. The first kappa shape index (κ1) is 14.5. The summed E-state index contributed by atoms with van der Waals surface area (Å²) in [5.74, 6) is 0.432. The van der Waals surface area contributed by atoms with E-state index in [1.807, 2.05) is 0 Å². The third kappa shape index (κ3) is 3.55. The Morgan fingerprint density at radius 1 is 1.63 bits per heavy atom. The molecule has 1 aliphatic carbocycles. The third-order valence-electron chi connectivity index (χ3n) is 3.65. The van der Waals surface area contributed by atoms with Crippen LogP contribution < -0.4 is 4.72 Å². The predicted molar refractivity (Wildman–Crippen MR) is 71.0 cm³/mol. The van der Waals surface area contributed by atoms with Crippen LogP contribution in [-0.4, -0.2) is 35.5 Å². The van der Waals surface area contributed by atoms with Gasteiger partial charge in [0.15, 0.2) is 0 Å². The van der Waals surface area contributed by atoms with Crippen LogP contribution in [0.25, 0.3) is 0 Å². The van der Waals surface area contributed by atoms with Crippen LogP contribution in [-0.2, 0) is 17.1 Å². The summed E-state index contributed by atoms with van der Waals surface area (Å²) in [4.78, 5) is 0.127. The Morgan fingerprint density at radius 2 is 2.37 bits per heavy atom. The van der Waals surface area contributed by atoms with Crippen LogP contribution in [0.5, 0.6) is 0 Å². The van der Waals surface area contributed by atoms with Crippen LogP contribution >= 0.6 is 0 Å². The molecule has 0 aromatic carbocycles. The monoisotopic (exact) mass is 287 g/mol. The zero-order valence-electron chi connectivity index (χ0n) is 11.3. The summed E-state index contributed by atoms with van der Waals surface area (Å²) in [5, 5.41) is 14.3. The van der Waals surface area contributed by atoms with E-state index in [0.717, 1.165) is 12.8 Å². The van der Waals surface area contributed by atoms with E-state index in [2.05, 4.69) is 16.7 Å². The maximum Gasteiger partial charge on any atom is 0.243 e. The van der Waals surface area contributed by atoms with E-state index < -0.39 is 15.6 Å². The third-order valence-corrected chi connectivity index (χ3v) is 5.01. The van der Waals surface area contributed by atoms with Gasteiger partial charge in [0.25, 0.3) is 0 Å². The summed E-state index contributed by atoms with van der Waals surface area (Å²) < 4.78 is 28.0. The molecule has 2 unspecified atom stereocenters. The standard InChI is InChI=1S/C12H21N3O3S/c1-10-4-3-5-12(16,6-10)9-14-19(17,18)11-7-13-15(2)8-11/h7-8,10,14,16H,3-6,9H2,1-2H3. The molecule has 0 amide bonds. The molecule has 0 spiro atoms. The summed E-state index contributed by atoms with van der Waals surface area (Å²) >= 11 is 0. The number of hydrogen-bond acceptors (Lipinski definition) is 4. The minimum absolute atomic E-state index is 0.0641. The summed E-state index contributed by atoms with van der Waals surface area (Å²) in [5.41, 5.74) is -0.924. The summed E-state index contributed by atoms with van der Waals surface area (Å²) in [6, 6.07) is 0. The number of nitrogens with one attached hydrogen (secondary N) is 1. The second-order valence-electron chi connectivity index (χ2n) is 5.60. The van der Waals surface area contributed by atoms with E-state index in [0.29, 0.717) is 18.8 Å². The first-order valence-corrected chi connectivity index (χ1v) is 8.00. The highest BCUT2D eigenvalue weighted by Crippen LogP contribution is 2.31. The molecule has 1 aliphatic rings. The van der Waals surface area contributed by atoms with Crippen LogP contribution in [0.4, 0.5) is 0 Å². The average molecular weight is 287 g/mol. The van der Waals surface area contributed by atoms with E-state index in [9.17, 15) is 13.5 Å². The topological polar surface area (TPSA) is 84.2 Å². The summed E-state index contributed by atoms with van der Waals surface area (Å²) in [6.07, 6.45) is 6.06. The molecule has 7 heteroatoms. The minimum Gasteiger partial charge on any atom is -0.389 e. The smallest absolute Gasteiger partial charge is 0.243 e. The Balaban J connectivity index is 2.01. The fraction of sp³-hybridized carbons (Fsp3) is 0.750. The lowest BCUT2D eigenvalue weighted by Gasteiger charge is -2.35. The Hall–Kier alpha value is -0.920. The molecule has 0 saturated heterocycles. The second kappa shape index (κ2) is 5.22. The molecule has 6 nitrogen and oxygen atoms in total. The quantitative estimate of drug-likeness (QED) is 0.851. The summed E-state index contributed by atoms with van der Waals surface area (Å²) in [6.45, 7) is 2.15. The van der Waals surface area contributed by atoms with Gasteiger partial charge in [0.05, 0.1) is 11.8 Å². The molecule has 0 aliphatic heterocycles. The van der Waals surface area contributed by atoms with E-state index in [4.69, 9.17) is 0 Å². The second-order valence-corrected chi connectivity index (χ2v) is 7.37. The molecule has 1 fully saturated rings. The maximum absolute atomic E-state index is 12.0. The van der Waals surface area contributed by atoms with Crippen molar-refractivity contribution in [2.45, 2.75) is 43.1 Å². The Bertz CT molecular complexity index is 540. The van der Waals surface area contributed by atoms with Gasteiger partial charge in [-0.3, -0.25) is 4.68 Å². The highest BCUT2D eigenvalue weighted by atomic mass is 32.2. The van der Waals surface area contributed by atoms with Gasteiger partial charge in [0.1, 0.15) is 4.90 Å².